The second kappa shape index (κ2) is 10.5. The van der Waals surface area contributed by atoms with Crippen LogP contribution in [-0.4, -0.2) is 60.3 Å². The summed E-state index contributed by atoms with van der Waals surface area (Å²) in [4.78, 5) is 4.81. The normalized spacial score (nSPS) is 26.9. The van der Waals surface area contributed by atoms with E-state index in [9.17, 15) is 9.50 Å². The zero-order valence-corrected chi connectivity index (χ0v) is 19.7. The number of hydrogen-bond acceptors (Lipinski definition) is 3. The van der Waals surface area contributed by atoms with Gasteiger partial charge in [-0.3, -0.25) is 0 Å². The average Bonchev–Trinajstić information content (AvgIpc) is 2.93. The third-order valence-electron chi connectivity index (χ3n) is 7.20. The van der Waals surface area contributed by atoms with E-state index in [1.807, 2.05) is 18.2 Å². The number of halogens is 2. The van der Waals surface area contributed by atoms with Gasteiger partial charge in [0, 0.05) is 55.6 Å². The number of likely N-dealkylation sites (N-methyl/N-ethyl adjacent to an activating group) is 1. The van der Waals surface area contributed by atoms with Crippen molar-refractivity contribution >= 4 is 17.7 Å². The minimum atomic E-state index is -1.14. The van der Waals surface area contributed by atoms with Crippen molar-refractivity contribution in [2.45, 2.75) is 37.7 Å². The Labute approximate surface area is 196 Å². The van der Waals surface area contributed by atoms with E-state index in [2.05, 4.69) is 35.1 Å². The van der Waals surface area contributed by atoms with Gasteiger partial charge in [0.2, 0.25) is 0 Å². The van der Waals surface area contributed by atoms with Gasteiger partial charge >= 0.3 is 0 Å². The first kappa shape index (κ1) is 23.4. The molecular weight excluding hydrogens is 423 g/mol. The van der Waals surface area contributed by atoms with Crippen molar-refractivity contribution in [3.8, 4) is 0 Å². The lowest BCUT2D eigenvalue weighted by Gasteiger charge is -2.42. The van der Waals surface area contributed by atoms with Crippen molar-refractivity contribution in [2.24, 2.45) is 5.92 Å². The van der Waals surface area contributed by atoms with Crippen LogP contribution in [-0.2, 0) is 6.42 Å². The second-order valence-electron chi connectivity index (χ2n) is 9.43. The van der Waals surface area contributed by atoms with Crippen LogP contribution in [0, 0.1) is 11.7 Å². The molecule has 0 amide bonds. The Morgan fingerprint density at radius 1 is 1.06 bits per heavy atom. The van der Waals surface area contributed by atoms with E-state index in [0.717, 1.165) is 69.5 Å². The summed E-state index contributed by atoms with van der Waals surface area (Å²) in [6, 6.07) is 14.9. The van der Waals surface area contributed by atoms with E-state index in [4.69, 9.17) is 11.6 Å². The minimum absolute atomic E-state index is 0.0269. The number of rotatable bonds is 5. The largest absolute Gasteiger partial charge is 0.385 e. The Hall–Kier alpha value is -1.72. The van der Waals surface area contributed by atoms with Crippen LogP contribution in [0.5, 0.6) is 0 Å². The molecule has 0 bridgehead atoms. The third kappa shape index (κ3) is 5.43. The molecule has 5 heteroatoms. The lowest BCUT2D eigenvalue weighted by molar-refractivity contribution is -0.00696. The zero-order valence-electron chi connectivity index (χ0n) is 18.9. The molecule has 32 heavy (non-hydrogen) atoms. The number of hydrogen-bond donors (Lipinski definition) is 1. The highest BCUT2D eigenvalue weighted by molar-refractivity contribution is 6.31. The summed E-state index contributed by atoms with van der Waals surface area (Å²) in [5, 5.41) is 12.8. The molecule has 2 aromatic carbocycles. The van der Waals surface area contributed by atoms with Crippen molar-refractivity contribution in [2.75, 3.05) is 39.8 Å². The fourth-order valence-corrected chi connectivity index (χ4v) is 5.41. The van der Waals surface area contributed by atoms with Gasteiger partial charge < -0.3 is 14.9 Å². The number of nitrogens with zero attached hydrogens (tertiary/aromatic N) is 2. The fraction of sp³-hybridized carbons (Fsp3) is 0.481. The van der Waals surface area contributed by atoms with E-state index in [0.29, 0.717) is 10.6 Å². The van der Waals surface area contributed by atoms with Crippen LogP contribution in [0.25, 0.3) is 6.08 Å². The van der Waals surface area contributed by atoms with Crippen molar-refractivity contribution in [3.05, 3.63) is 76.1 Å². The lowest BCUT2D eigenvalue weighted by atomic mass is 9.74. The zero-order chi connectivity index (χ0) is 22.6. The van der Waals surface area contributed by atoms with Gasteiger partial charge in [-0.1, -0.05) is 60.5 Å². The summed E-state index contributed by atoms with van der Waals surface area (Å²) in [7, 11) is 2.15. The van der Waals surface area contributed by atoms with Crippen LogP contribution in [0.15, 0.2) is 54.1 Å². The smallest absolute Gasteiger partial charge is 0.128 e. The number of aliphatic hydroxyl groups is 1. The molecule has 2 aliphatic rings. The van der Waals surface area contributed by atoms with Gasteiger partial charge in [0.1, 0.15) is 5.82 Å². The van der Waals surface area contributed by atoms with E-state index >= 15 is 0 Å². The molecule has 1 N–H and O–H groups in total. The molecule has 1 heterocycles. The monoisotopic (exact) mass is 456 g/mol. The molecular formula is C27H34ClFN2O. The summed E-state index contributed by atoms with van der Waals surface area (Å²) in [5.41, 5.74) is 1.35. The molecule has 3 nitrogen and oxygen atoms in total. The van der Waals surface area contributed by atoms with Gasteiger partial charge in [0.05, 0.1) is 5.60 Å². The van der Waals surface area contributed by atoms with Gasteiger partial charge in [-0.2, -0.15) is 0 Å². The summed E-state index contributed by atoms with van der Waals surface area (Å²) >= 11 is 6.43. The number of benzene rings is 2. The first-order valence-corrected chi connectivity index (χ1v) is 12.2. The SMILES string of the molecule is CN1CCN(CC2CCCCC(=Cc3ccccc3)C2(O)Cc2c(F)cccc2Cl)CC1. The van der Waals surface area contributed by atoms with Crippen molar-refractivity contribution in [1.29, 1.82) is 0 Å². The first-order valence-electron chi connectivity index (χ1n) is 11.8. The highest BCUT2D eigenvalue weighted by Gasteiger charge is 2.43. The van der Waals surface area contributed by atoms with Crippen LogP contribution in [0.2, 0.25) is 5.02 Å². The van der Waals surface area contributed by atoms with E-state index in [1.54, 1.807) is 12.1 Å². The predicted molar refractivity (Wildman–Crippen MR) is 130 cm³/mol. The molecule has 2 aromatic rings. The highest BCUT2D eigenvalue weighted by atomic mass is 35.5. The molecule has 1 saturated heterocycles. The molecule has 4 rings (SSSR count). The molecule has 1 saturated carbocycles. The minimum Gasteiger partial charge on any atom is -0.385 e. The third-order valence-corrected chi connectivity index (χ3v) is 7.56. The first-order chi connectivity index (χ1) is 15.5. The van der Waals surface area contributed by atoms with Gasteiger partial charge in [-0.15, -0.1) is 0 Å². The van der Waals surface area contributed by atoms with E-state index in [1.165, 1.54) is 6.07 Å². The lowest BCUT2D eigenvalue weighted by Crippen LogP contribution is -2.51. The predicted octanol–water partition coefficient (Wildman–Crippen LogP) is 5.27. The molecule has 2 unspecified atom stereocenters. The molecule has 2 fully saturated rings. The van der Waals surface area contributed by atoms with Crippen LogP contribution in [0.1, 0.15) is 36.8 Å². The molecule has 0 radical (unpaired) electrons. The maximum Gasteiger partial charge on any atom is 0.128 e. The van der Waals surface area contributed by atoms with Gasteiger partial charge in [-0.25, -0.2) is 4.39 Å². The fourth-order valence-electron chi connectivity index (χ4n) is 5.18. The highest BCUT2D eigenvalue weighted by Crippen LogP contribution is 2.42. The van der Waals surface area contributed by atoms with Gasteiger partial charge in [-0.05, 0) is 49.6 Å². The summed E-state index contributed by atoms with van der Waals surface area (Å²) in [5.74, 6) is -0.313. The van der Waals surface area contributed by atoms with Crippen LogP contribution < -0.4 is 0 Å². The van der Waals surface area contributed by atoms with Crippen molar-refractivity contribution in [1.82, 2.24) is 9.80 Å². The number of piperazine rings is 1. The molecule has 172 valence electrons. The maximum atomic E-state index is 14.8. The Morgan fingerprint density at radius 2 is 1.81 bits per heavy atom. The quantitative estimate of drug-likeness (QED) is 0.620. The van der Waals surface area contributed by atoms with Gasteiger partial charge in [0.15, 0.2) is 0 Å². The van der Waals surface area contributed by atoms with Crippen LogP contribution in [0.4, 0.5) is 4.39 Å². The summed E-state index contributed by atoms with van der Waals surface area (Å²) in [6.45, 7) is 4.90. The summed E-state index contributed by atoms with van der Waals surface area (Å²) in [6.07, 6.45) is 6.17. The Bertz CT molecular complexity index is 906. The summed E-state index contributed by atoms with van der Waals surface area (Å²) < 4.78 is 14.8. The van der Waals surface area contributed by atoms with Crippen molar-refractivity contribution in [3.63, 3.8) is 0 Å². The van der Waals surface area contributed by atoms with Crippen LogP contribution >= 0.6 is 11.6 Å². The van der Waals surface area contributed by atoms with Crippen molar-refractivity contribution < 1.29 is 9.50 Å². The Kier molecular flexibility index (Phi) is 7.67. The Morgan fingerprint density at radius 3 is 2.53 bits per heavy atom. The molecule has 2 atom stereocenters. The molecule has 0 spiro atoms. The van der Waals surface area contributed by atoms with Crippen LogP contribution in [0.3, 0.4) is 0 Å². The molecule has 0 aromatic heterocycles. The second-order valence-corrected chi connectivity index (χ2v) is 9.84. The van der Waals surface area contributed by atoms with Gasteiger partial charge in [0.25, 0.3) is 0 Å². The maximum absolute atomic E-state index is 14.8. The topological polar surface area (TPSA) is 26.7 Å². The average molecular weight is 457 g/mol. The van der Waals surface area contributed by atoms with E-state index in [-0.39, 0.29) is 18.2 Å². The molecule has 1 aliphatic heterocycles. The molecule has 1 aliphatic carbocycles. The Balaban J connectivity index is 1.72. The standard InChI is InChI=1S/C27H34ClFN2O/c1-30-14-16-31(17-15-30)20-23-11-6-5-10-22(18-21-8-3-2-4-9-21)27(23,32)19-24-25(28)12-7-13-26(24)29/h2-4,7-9,12-13,18,23,32H,5-6,10-11,14-17,19-20H2,1H3. The van der Waals surface area contributed by atoms with E-state index < -0.39 is 5.60 Å².